The maximum atomic E-state index is 5.40. The first-order chi connectivity index (χ1) is 8.74. The first-order valence-electron chi connectivity index (χ1n) is 7.01. The molecule has 0 atom stereocenters. The Labute approximate surface area is 119 Å². The number of thiol groups is 1. The van der Waals surface area contributed by atoms with Gasteiger partial charge in [-0.15, -0.1) is 0 Å². The molecule has 5 heteroatoms. The number of rotatable bonds is 13. The maximum absolute atomic E-state index is 5.40. The molecule has 0 fully saturated rings. The highest BCUT2D eigenvalue weighted by atomic mass is 32.1. The lowest BCUT2D eigenvalue weighted by atomic mass is 10.1. The molecule has 110 valence electrons. The third-order valence-electron chi connectivity index (χ3n) is 3.32. The van der Waals surface area contributed by atoms with Gasteiger partial charge in [-0.2, -0.15) is 12.6 Å². The van der Waals surface area contributed by atoms with E-state index in [1.54, 1.807) is 21.3 Å². The van der Waals surface area contributed by atoms with Crippen molar-refractivity contribution in [2.24, 2.45) is 0 Å². The molecular formula is C13H30O3SSi. The Hall–Kier alpha value is 0.447. The van der Waals surface area contributed by atoms with Gasteiger partial charge in [0.15, 0.2) is 0 Å². The molecule has 0 aliphatic rings. The summed E-state index contributed by atoms with van der Waals surface area (Å²) < 4.78 is 16.2. The lowest BCUT2D eigenvalue weighted by Crippen LogP contribution is -2.42. The summed E-state index contributed by atoms with van der Waals surface area (Å²) >= 11 is 4.21. The van der Waals surface area contributed by atoms with Crippen LogP contribution in [-0.2, 0) is 13.3 Å². The van der Waals surface area contributed by atoms with Crippen LogP contribution in [0.5, 0.6) is 0 Å². The zero-order valence-electron chi connectivity index (χ0n) is 12.2. The molecule has 0 unspecified atom stereocenters. The highest BCUT2D eigenvalue weighted by Crippen LogP contribution is 2.18. The molecule has 0 aliphatic carbocycles. The van der Waals surface area contributed by atoms with Gasteiger partial charge in [0.25, 0.3) is 0 Å². The van der Waals surface area contributed by atoms with Crippen LogP contribution < -0.4 is 0 Å². The summed E-state index contributed by atoms with van der Waals surface area (Å²) in [4.78, 5) is 0. The summed E-state index contributed by atoms with van der Waals surface area (Å²) in [6, 6.07) is 0.927. The fraction of sp³-hybridized carbons (Fsp3) is 1.00. The number of unbranched alkanes of at least 4 members (excludes halogenated alkanes) is 7. The minimum atomic E-state index is -2.31. The SMILES string of the molecule is CO[Si](CCCCCCCCCCS)(OC)OC. The molecule has 0 bridgehead atoms. The number of hydrogen-bond acceptors (Lipinski definition) is 4. The Balaban J connectivity index is 3.38. The summed E-state index contributed by atoms with van der Waals surface area (Å²) in [5, 5.41) is 0. The third kappa shape index (κ3) is 8.53. The highest BCUT2D eigenvalue weighted by Gasteiger charge is 2.36. The predicted molar refractivity (Wildman–Crippen MR) is 82.4 cm³/mol. The molecule has 0 aromatic rings. The lowest BCUT2D eigenvalue weighted by Gasteiger charge is -2.24. The maximum Gasteiger partial charge on any atom is 0.500 e. The molecule has 0 amide bonds. The van der Waals surface area contributed by atoms with Gasteiger partial charge in [-0.25, -0.2) is 0 Å². The summed E-state index contributed by atoms with van der Waals surface area (Å²) in [5.41, 5.74) is 0. The Bertz CT molecular complexity index is 169. The summed E-state index contributed by atoms with van der Waals surface area (Å²) in [6.45, 7) is 0. The molecule has 0 saturated heterocycles. The normalized spacial score (nSPS) is 12.0. The standard InChI is InChI=1S/C13H30O3SSi/c1-14-18(15-2,16-3)13-11-9-7-5-4-6-8-10-12-17/h17H,4-13H2,1-3H3. The second-order valence-electron chi connectivity index (χ2n) is 4.60. The Morgan fingerprint density at radius 3 is 1.44 bits per heavy atom. The third-order valence-corrected chi connectivity index (χ3v) is 6.47. The minimum absolute atomic E-state index is 0.927. The van der Waals surface area contributed by atoms with Crippen molar-refractivity contribution in [1.82, 2.24) is 0 Å². The molecule has 0 heterocycles. The quantitative estimate of drug-likeness (QED) is 0.317. The van der Waals surface area contributed by atoms with Crippen molar-refractivity contribution in [3.63, 3.8) is 0 Å². The van der Waals surface area contributed by atoms with Gasteiger partial charge in [-0.05, 0) is 18.6 Å². The first kappa shape index (κ1) is 18.4. The van der Waals surface area contributed by atoms with Gasteiger partial charge in [0.1, 0.15) is 0 Å². The summed E-state index contributed by atoms with van der Waals surface area (Å²) in [5.74, 6) is 1.03. The average Bonchev–Trinajstić information content (AvgIpc) is 2.42. The highest BCUT2D eigenvalue weighted by molar-refractivity contribution is 7.80. The van der Waals surface area contributed by atoms with Crippen LogP contribution in [0.25, 0.3) is 0 Å². The van der Waals surface area contributed by atoms with Crippen molar-refractivity contribution < 1.29 is 13.3 Å². The van der Waals surface area contributed by atoms with E-state index in [0.717, 1.165) is 18.2 Å². The topological polar surface area (TPSA) is 27.7 Å². The van der Waals surface area contributed by atoms with Crippen LogP contribution in [0.3, 0.4) is 0 Å². The van der Waals surface area contributed by atoms with Crippen LogP contribution in [-0.4, -0.2) is 35.9 Å². The molecule has 0 aromatic carbocycles. The largest absolute Gasteiger partial charge is 0.500 e. The predicted octanol–water partition coefficient (Wildman–Crippen LogP) is 3.92. The lowest BCUT2D eigenvalue weighted by molar-refractivity contribution is 0.122. The van der Waals surface area contributed by atoms with Crippen molar-refractivity contribution >= 4 is 21.4 Å². The molecule has 0 aliphatic heterocycles. The molecule has 0 aromatic heterocycles. The van der Waals surface area contributed by atoms with Crippen LogP contribution >= 0.6 is 12.6 Å². The fourth-order valence-electron chi connectivity index (χ4n) is 2.07. The first-order valence-corrected chi connectivity index (χ1v) is 9.57. The van der Waals surface area contributed by atoms with Crippen LogP contribution in [0.4, 0.5) is 0 Å². The Morgan fingerprint density at radius 2 is 1.06 bits per heavy atom. The molecule has 0 spiro atoms. The van der Waals surface area contributed by atoms with E-state index < -0.39 is 8.80 Å². The fourth-order valence-corrected chi connectivity index (χ4v) is 4.09. The van der Waals surface area contributed by atoms with Crippen LogP contribution in [0.15, 0.2) is 0 Å². The zero-order valence-corrected chi connectivity index (χ0v) is 14.1. The summed E-state index contributed by atoms with van der Waals surface area (Å²) in [6.07, 6.45) is 10.3. The smallest absolute Gasteiger partial charge is 0.377 e. The van der Waals surface area contributed by atoms with Gasteiger partial charge in [0.05, 0.1) is 0 Å². The molecule has 18 heavy (non-hydrogen) atoms. The van der Waals surface area contributed by atoms with Crippen LogP contribution in [0.2, 0.25) is 6.04 Å². The van der Waals surface area contributed by atoms with Gasteiger partial charge in [0, 0.05) is 27.4 Å². The Kier molecular flexibility index (Phi) is 12.8. The molecular weight excluding hydrogens is 264 g/mol. The van der Waals surface area contributed by atoms with E-state index in [-0.39, 0.29) is 0 Å². The number of hydrogen-bond donors (Lipinski definition) is 1. The Morgan fingerprint density at radius 1 is 0.667 bits per heavy atom. The van der Waals surface area contributed by atoms with Crippen molar-refractivity contribution in [3.05, 3.63) is 0 Å². The van der Waals surface area contributed by atoms with Crippen LogP contribution in [0.1, 0.15) is 51.4 Å². The van der Waals surface area contributed by atoms with Crippen molar-refractivity contribution in [1.29, 1.82) is 0 Å². The molecule has 0 N–H and O–H groups in total. The second kappa shape index (κ2) is 12.5. The minimum Gasteiger partial charge on any atom is -0.377 e. The monoisotopic (exact) mass is 294 g/mol. The van der Waals surface area contributed by atoms with Crippen molar-refractivity contribution in [2.45, 2.75) is 57.4 Å². The van der Waals surface area contributed by atoms with Crippen molar-refractivity contribution in [2.75, 3.05) is 27.1 Å². The van der Waals surface area contributed by atoms with Crippen LogP contribution in [0, 0.1) is 0 Å². The van der Waals surface area contributed by atoms with E-state index in [0.29, 0.717) is 0 Å². The van der Waals surface area contributed by atoms with E-state index in [1.165, 1.54) is 44.9 Å². The molecule has 0 radical (unpaired) electrons. The van der Waals surface area contributed by atoms with E-state index in [4.69, 9.17) is 13.3 Å². The van der Waals surface area contributed by atoms with Gasteiger partial charge in [-0.1, -0.05) is 38.5 Å². The molecule has 3 nitrogen and oxygen atoms in total. The van der Waals surface area contributed by atoms with Gasteiger partial charge >= 0.3 is 8.80 Å². The van der Waals surface area contributed by atoms with E-state index >= 15 is 0 Å². The zero-order chi connectivity index (χ0) is 13.7. The van der Waals surface area contributed by atoms with Gasteiger partial charge < -0.3 is 13.3 Å². The second-order valence-corrected chi connectivity index (χ2v) is 8.14. The van der Waals surface area contributed by atoms with Gasteiger partial charge in [0.2, 0.25) is 0 Å². The molecule has 0 saturated carbocycles. The molecule has 0 rings (SSSR count). The van der Waals surface area contributed by atoms with Gasteiger partial charge in [-0.3, -0.25) is 0 Å². The summed E-state index contributed by atoms with van der Waals surface area (Å²) in [7, 11) is 2.73. The average molecular weight is 295 g/mol. The van der Waals surface area contributed by atoms with Crippen molar-refractivity contribution in [3.8, 4) is 0 Å². The van der Waals surface area contributed by atoms with E-state index in [9.17, 15) is 0 Å². The van der Waals surface area contributed by atoms with E-state index in [1.807, 2.05) is 0 Å². The van der Waals surface area contributed by atoms with E-state index in [2.05, 4.69) is 12.6 Å².